The minimum absolute atomic E-state index is 0.197. The number of hydrogen-bond donors (Lipinski definition) is 1. The summed E-state index contributed by atoms with van der Waals surface area (Å²) in [6.45, 7) is 2.12. The average Bonchev–Trinajstić information content (AvgIpc) is 3.55. The van der Waals surface area contributed by atoms with E-state index in [4.69, 9.17) is 19.2 Å². The van der Waals surface area contributed by atoms with Crippen molar-refractivity contribution in [1.29, 1.82) is 0 Å². The minimum atomic E-state index is -0.275. The zero-order chi connectivity index (χ0) is 30.7. The monoisotopic (exact) mass is 607 g/mol. The lowest BCUT2D eigenvalue weighted by atomic mass is 9.98. The summed E-state index contributed by atoms with van der Waals surface area (Å²) >= 11 is 1.50. The highest BCUT2D eigenvalue weighted by molar-refractivity contribution is 7.09. The van der Waals surface area contributed by atoms with Crippen molar-refractivity contribution in [2.45, 2.75) is 25.6 Å². The quantitative estimate of drug-likeness (QED) is 0.148. The van der Waals surface area contributed by atoms with E-state index in [2.05, 4.69) is 28.4 Å². The number of nitrogens with zero attached hydrogens (tertiary/aromatic N) is 2. The first-order valence-electron chi connectivity index (χ1n) is 14.5. The topological polar surface area (TPSA) is 72.9 Å². The molecule has 4 aromatic carbocycles. The van der Waals surface area contributed by atoms with Gasteiger partial charge in [-0.05, 0) is 52.9 Å². The van der Waals surface area contributed by atoms with E-state index in [1.165, 1.54) is 16.9 Å². The predicted octanol–water partition coefficient (Wildman–Crippen LogP) is 6.93. The summed E-state index contributed by atoms with van der Waals surface area (Å²) in [5.41, 5.74) is 4.77. The molecule has 5 rings (SSSR count). The number of rotatable bonds is 14. The Morgan fingerprint density at radius 3 is 2.02 bits per heavy atom. The Morgan fingerprint density at radius 1 is 0.773 bits per heavy atom. The maximum Gasteiger partial charge on any atom is 0.271 e. The van der Waals surface area contributed by atoms with Crippen LogP contribution in [0.15, 0.2) is 109 Å². The standard InChI is InChI=1S/C36H37N3O4S/c1-41-30-17-14-27(15-18-30)23-39(21-20-26-16-19-32(42-2)33(22-26)43-3)24-34-37-31(25-44-34)36(40)38-35(28-10-6-4-7-11-28)29-12-8-5-9-13-29/h4-19,22,25,35H,20-21,23-24H2,1-3H3,(H,38,40). The highest BCUT2D eigenvalue weighted by atomic mass is 32.1. The number of methoxy groups -OCH3 is 3. The molecule has 7 nitrogen and oxygen atoms in total. The molecule has 5 aromatic rings. The Bertz CT molecular complexity index is 1590. The predicted molar refractivity (Wildman–Crippen MR) is 175 cm³/mol. The summed E-state index contributed by atoms with van der Waals surface area (Å²) in [5, 5.41) is 5.93. The molecule has 0 unspecified atom stereocenters. The molecule has 0 aliphatic carbocycles. The number of thiazole rings is 1. The van der Waals surface area contributed by atoms with Gasteiger partial charge in [0.05, 0.1) is 33.9 Å². The lowest BCUT2D eigenvalue weighted by Gasteiger charge is -2.22. The van der Waals surface area contributed by atoms with Crippen LogP contribution in [0.4, 0.5) is 0 Å². The van der Waals surface area contributed by atoms with Crippen LogP contribution in [-0.4, -0.2) is 43.7 Å². The molecule has 0 bridgehead atoms. The third kappa shape index (κ3) is 8.03. The molecule has 1 N–H and O–H groups in total. The number of carbonyl (C=O) groups excluding carboxylic acids is 1. The number of nitrogens with one attached hydrogen (secondary N) is 1. The third-order valence-electron chi connectivity index (χ3n) is 7.41. The molecular weight excluding hydrogens is 570 g/mol. The zero-order valence-electron chi connectivity index (χ0n) is 25.2. The number of hydrogen-bond acceptors (Lipinski definition) is 7. The Morgan fingerprint density at radius 2 is 1.41 bits per heavy atom. The first-order valence-corrected chi connectivity index (χ1v) is 15.4. The van der Waals surface area contributed by atoms with Gasteiger partial charge in [-0.3, -0.25) is 9.69 Å². The lowest BCUT2D eigenvalue weighted by Crippen LogP contribution is -2.29. The van der Waals surface area contributed by atoms with E-state index in [1.807, 2.05) is 90.3 Å². The highest BCUT2D eigenvalue weighted by Gasteiger charge is 2.20. The summed E-state index contributed by atoms with van der Waals surface area (Å²) in [6.07, 6.45) is 0.811. The molecule has 0 saturated heterocycles. The fourth-order valence-corrected chi connectivity index (χ4v) is 5.88. The third-order valence-corrected chi connectivity index (χ3v) is 8.25. The van der Waals surface area contributed by atoms with E-state index >= 15 is 0 Å². The second-order valence-corrected chi connectivity index (χ2v) is 11.3. The molecule has 1 heterocycles. The molecule has 226 valence electrons. The number of aromatic nitrogens is 1. The van der Waals surface area contributed by atoms with Gasteiger partial charge in [0.25, 0.3) is 5.91 Å². The van der Waals surface area contributed by atoms with Crippen molar-refractivity contribution in [3.8, 4) is 17.2 Å². The zero-order valence-corrected chi connectivity index (χ0v) is 26.1. The number of ether oxygens (including phenoxy) is 3. The van der Waals surface area contributed by atoms with Crippen molar-refractivity contribution in [2.75, 3.05) is 27.9 Å². The molecule has 0 saturated carbocycles. The second kappa shape index (κ2) is 15.2. The Balaban J connectivity index is 1.31. The van der Waals surface area contributed by atoms with Crippen molar-refractivity contribution in [3.05, 3.63) is 141 Å². The summed E-state index contributed by atoms with van der Waals surface area (Å²) in [7, 11) is 4.96. The maximum atomic E-state index is 13.5. The molecule has 0 aliphatic heterocycles. The maximum absolute atomic E-state index is 13.5. The van der Waals surface area contributed by atoms with Gasteiger partial charge in [-0.25, -0.2) is 4.98 Å². The van der Waals surface area contributed by atoms with Gasteiger partial charge in [0.2, 0.25) is 0 Å². The SMILES string of the molecule is COc1ccc(CN(CCc2ccc(OC)c(OC)c2)Cc2nc(C(=O)NC(c3ccccc3)c3ccccc3)cs2)cc1. The van der Waals surface area contributed by atoms with Crippen LogP contribution >= 0.6 is 11.3 Å². The van der Waals surface area contributed by atoms with Gasteiger partial charge < -0.3 is 19.5 Å². The minimum Gasteiger partial charge on any atom is -0.497 e. The highest BCUT2D eigenvalue weighted by Crippen LogP contribution is 2.28. The van der Waals surface area contributed by atoms with Crippen molar-refractivity contribution in [1.82, 2.24) is 15.2 Å². The van der Waals surface area contributed by atoms with Gasteiger partial charge >= 0.3 is 0 Å². The molecule has 0 atom stereocenters. The van der Waals surface area contributed by atoms with Gasteiger partial charge in [0.15, 0.2) is 11.5 Å². The van der Waals surface area contributed by atoms with Crippen molar-refractivity contribution < 1.29 is 19.0 Å². The number of amides is 1. The Hall–Kier alpha value is -4.66. The van der Waals surface area contributed by atoms with E-state index in [-0.39, 0.29) is 11.9 Å². The number of carbonyl (C=O) groups is 1. The lowest BCUT2D eigenvalue weighted by molar-refractivity contribution is 0.0938. The first kappa shape index (κ1) is 30.8. The van der Waals surface area contributed by atoms with Crippen LogP contribution in [0.25, 0.3) is 0 Å². The number of benzene rings is 4. The molecule has 0 fully saturated rings. The Labute approximate surface area is 263 Å². The van der Waals surface area contributed by atoms with Crippen LogP contribution in [0, 0.1) is 0 Å². The molecule has 1 amide bonds. The van der Waals surface area contributed by atoms with Crippen LogP contribution in [-0.2, 0) is 19.5 Å². The first-order chi connectivity index (χ1) is 21.6. The summed E-state index contributed by atoms with van der Waals surface area (Å²) in [5.74, 6) is 2.05. The van der Waals surface area contributed by atoms with Crippen molar-refractivity contribution >= 4 is 17.2 Å². The molecule has 8 heteroatoms. The van der Waals surface area contributed by atoms with Crippen LogP contribution in [0.3, 0.4) is 0 Å². The average molecular weight is 608 g/mol. The smallest absolute Gasteiger partial charge is 0.271 e. The van der Waals surface area contributed by atoms with Gasteiger partial charge in [0.1, 0.15) is 16.5 Å². The van der Waals surface area contributed by atoms with E-state index in [9.17, 15) is 4.79 Å². The molecule has 0 aliphatic rings. The van der Waals surface area contributed by atoms with E-state index in [0.717, 1.165) is 47.0 Å². The Kier molecular flexibility index (Phi) is 10.6. The van der Waals surface area contributed by atoms with Crippen LogP contribution < -0.4 is 19.5 Å². The van der Waals surface area contributed by atoms with Crippen LogP contribution in [0.1, 0.15) is 43.8 Å². The van der Waals surface area contributed by atoms with Gasteiger partial charge in [-0.15, -0.1) is 11.3 Å². The van der Waals surface area contributed by atoms with Gasteiger partial charge in [-0.2, -0.15) is 0 Å². The summed E-state index contributed by atoms with van der Waals surface area (Å²) < 4.78 is 16.3. The van der Waals surface area contributed by atoms with Crippen LogP contribution in [0.2, 0.25) is 0 Å². The largest absolute Gasteiger partial charge is 0.497 e. The molecular formula is C36H37N3O4S. The second-order valence-electron chi connectivity index (χ2n) is 10.4. The summed E-state index contributed by atoms with van der Waals surface area (Å²) in [6, 6.07) is 33.9. The molecule has 1 aromatic heterocycles. The van der Waals surface area contributed by atoms with E-state index in [0.29, 0.717) is 23.7 Å². The van der Waals surface area contributed by atoms with Crippen molar-refractivity contribution in [3.63, 3.8) is 0 Å². The van der Waals surface area contributed by atoms with Gasteiger partial charge in [-0.1, -0.05) is 78.9 Å². The summed E-state index contributed by atoms with van der Waals surface area (Å²) in [4.78, 5) is 20.6. The van der Waals surface area contributed by atoms with Crippen LogP contribution in [0.5, 0.6) is 17.2 Å². The molecule has 44 heavy (non-hydrogen) atoms. The fourth-order valence-electron chi connectivity index (χ4n) is 5.06. The van der Waals surface area contributed by atoms with Crippen molar-refractivity contribution in [2.24, 2.45) is 0 Å². The van der Waals surface area contributed by atoms with E-state index in [1.54, 1.807) is 21.3 Å². The van der Waals surface area contributed by atoms with E-state index < -0.39 is 0 Å². The molecule has 0 spiro atoms. The molecule has 0 radical (unpaired) electrons. The van der Waals surface area contributed by atoms with Gasteiger partial charge in [0, 0.05) is 18.5 Å². The normalized spacial score (nSPS) is 11.0. The fraction of sp³-hybridized carbons (Fsp3) is 0.222.